The summed E-state index contributed by atoms with van der Waals surface area (Å²) in [4.78, 5) is 33.1. The van der Waals surface area contributed by atoms with E-state index in [0.29, 0.717) is 50.2 Å². The van der Waals surface area contributed by atoms with Crippen molar-refractivity contribution in [3.8, 4) is 11.8 Å². The van der Waals surface area contributed by atoms with E-state index >= 15 is 0 Å². The minimum absolute atomic E-state index is 0.0553. The topological polar surface area (TPSA) is 121 Å². The van der Waals surface area contributed by atoms with Crippen LogP contribution in [-0.2, 0) is 19.4 Å². The molecule has 1 N–H and O–H groups in total. The van der Waals surface area contributed by atoms with Gasteiger partial charge in [0.25, 0.3) is 5.91 Å². The largest absolute Gasteiger partial charge is 0.378 e. The first-order chi connectivity index (χ1) is 23.5. The number of ether oxygens (including phenoxy) is 1. The molecule has 1 amide bonds. The third-order valence-electron chi connectivity index (χ3n) is 9.81. The molecule has 262 valence electrons. The number of carbonyl (C=O) groups excluding carboxylic acids is 1. The van der Waals surface area contributed by atoms with Crippen molar-refractivity contribution < 1.29 is 22.3 Å². The number of hydrogen-bond donors (Lipinski definition) is 1. The molecule has 0 spiro atoms. The lowest BCUT2D eigenvalue weighted by Gasteiger charge is -2.43. The van der Waals surface area contributed by atoms with Gasteiger partial charge >= 0.3 is 0 Å². The Kier molecular flexibility index (Phi) is 10.3. The lowest BCUT2D eigenvalue weighted by molar-refractivity contribution is -0.128. The van der Waals surface area contributed by atoms with Crippen LogP contribution in [0.15, 0.2) is 30.6 Å². The maximum absolute atomic E-state index is 14.7. The zero-order valence-corrected chi connectivity index (χ0v) is 29.8. The Labute approximate surface area is 288 Å². The molecule has 3 fully saturated rings. The van der Waals surface area contributed by atoms with Gasteiger partial charge in [0.05, 0.1) is 24.4 Å². The number of hydrogen-bond acceptors (Lipinski definition) is 10. The van der Waals surface area contributed by atoms with Gasteiger partial charge in [-0.05, 0) is 79.2 Å². The molecular formula is C36H46FN7O4S. The third-order valence-corrected chi connectivity index (χ3v) is 10.9. The maximum Gasteiger partial charge on any atom is 0.298 e. The number of methoxy groups -OCH3 is 1. The molecule has 3 aliphatic rings. The van der Waals surface area contributed by atoms with E-state index in [2.05, 4.69) is 47.0 Å². The lowest BCUT2D eigenvalue weighted by atomic mass is 9.83. The Morgan fingerprint density at radius 3 is 2.57 bits per heavy atom. The van der Waals surface area contributed by atoms with Crippen LogP contribution < -0.4 is 15.1 Å². The van der Waals surface area contributed by atoms with E-state index in [1.54, 1.807) is 19.2 Å². The van der Waals surface area contributed by atoms with Crippen LogP contribution in [0, 0.1) is 17.8 Å². The second-order valence-corrected chi connectivity index (χ2v) is 16.0. The van der Waals surface area contributed by atoms with Crippen molar-refractivity contribution in [2.75, 3.05) is 67.0 Å². The molecule has 3 aromatic rings. The smallest absolute Gasteiger partial charge is 0.298 e. The number of alkyl halides is 1. The van der Waals surface area contributed by atoms with Crippen LogP contribution in [0.25, 0.3) is 10.8 Å². The third kappa shape index (κ3) is 7.60. The molecule has 13 heteroatoms. The quantitative estimate of drug-likeness (QED) is 0.307. The summed E-state index contributed by atoms with van der Waals surface area (Å²) in [7, 11) is -1.56. The molecule has 1 aromatic carbocycles. The van der Waals surface area contributed by atoms with E-state index in [4.69, 9.17) is 14.7 Å². The highest BCUT2D eigenvalue weighted by molar-refractivity contribution is 7.90. The summed E-state index contributed by atoms with van der Waals surface area (Å²) in [6, 6.07) is 5.87. The number of pyridine rings is 1. The summed E-state index contributed by atoms with van der Waals surface area (Å²) in [6.45, 7) is 8.67. The molecular weight excluding hydrogens is 646 g/mol. The first-order valence-corrected chi connectivity index (χ1v) is 19.2. The van der Waals surface area contributed by atoms with Crippen LogP contribution in [0.1, 0.15) is 69.5 Å². The van der Waals surface area contributed by atoms with E-state index in [0.717, 1.165) is 46.8 Å². The van der Waals surface area contributed by atoms with E-state index in [1.807, 2.05) is 22.1 Å². The summed E-state index contributed by atoms with van der Waals surface area (Å²) in [6.07, 6.45) is 6.57. The van der Waals surface area contributed by atoms with E-state index in [1.165, 1.54) is 13.4 Å². The normalized spacial score (nSPS) is 21.8. The minimum atomic E-state index is -3.09. The molecule has 11 nitrogen and oxygen atoms in total. The number of benzene rings is 1. The highest BCUT2D eigenvalue weighted by atomic mass is 32.2. The molecule has 3 aliphatic heterocycles. The SMILES string of the molecule is CC#CC(=O)N1CCCC[C@@H]1c1cc(N2CC(CS(C)(=O)=O)C2)c2cnc(Nc3ccnc(N4CC[C@@H](OC)[C@@H](F)C4)n3)cc2c1C(C)C. The molecule has 0 radical (unpaired) electrons. The first kappa shape index (κ1) is 34.8. The van der Waals surface area contributed by atoms with Gasteiger partial charge in [0, 0.05) is 68.9 Å². The van der Waals surface area contributed by atoms with Crippen LogP contribution in [0.4, 0.5) is 27.7 Å². The van der Waals surface area contributed by atoms with Gasteiger partial charge in [-0.3, -0.25) is 4.79 Å². The number of piperidine rings is 2. The fourth-order valence-corrected chi connectivity index (χ4v) is 8.67. The van der Waals surface area contributed by atoms with Crippen LogP contribution in [0.2, 0.25) is 0 Å². The van der Waals surface area contributed by atoms with Gasteiger partial charge in [0.1, 0.15) is 27.6 Å². The molecule has 5 heterocycles. The van der Waals surface area contributed by atoms with Gasteiger partial charge in [0.15, 0.2) is 0 Å². The van der Waals surface area contributed by atoms with Gasteiger partial charge in [0.2, 0.25) is 5.95 Å². The zero-order chi connectivity index (χ0) is 34.9. The van der Waals surface area contributed by atoms with Crippen molar-refractivity contribution in [2.45, 2.75) is 70.7 Å². The summed E-state index contributed by atoms with van der Waals surface area (Å²) in [5.41, 5.74) is 3.23. The number of anilines is 4. The zero-order valence-electron chi connectivity index (χ0n) is 28.9. The molecule has 0 aliphatic carbocycles. The standard InChI is InChI=1S/C36H46FN7O4S/c1-6-9-34(45)44-14-8-7-10-29(44)26-16-30(43-19-24(20-43)22-49(5,46)47)27-18-39-33(17-25(27)35(26)23(2)3)40-32-11-13-38-36(41-32)42-15-12-31(48-4)28(37)21-42/h11,13,16-18,23-24,28-29,31H,7-8,10,12,14-15,19-22H2,1-5H3,(H,38,39,40,41)/t28-,29+,31+/m0/s1. The molecule has 0 bridgehead atoms. The molecule has 0 unspecified atom stereocenters. The van der Waals surface area contributed by atoms with Gasteiger partial charge < -0.3 is 24.8 Å². The Bertz CT molecular complexity index is 1870. The molecule has 2 aromatic heterocycles. The van der Waals surface area contributed by atoms with E-state index < -0.39 is 22.1 Å². The van der Waals surface area contributed by atoms with Crippen molar-refractivity contribution in [3.63, 3.8) is 0 Å². The van der Waals surface area contributed by atoms with Crippen molar-refractivity contribution in [1.29, 1.82) is 0 Å². The number of halogens is 1. The molecule has 6 rings (SSSR count). The van der Waals surface area contributed by atoms with Gasteiger partial charge in [-0.15, -0.1) is 0 Å². The predicted molar refractivity (Wildman–Crippen MR) is 191 cm³/mol. The monoisotopic (exact) mass is 691 g/mol. The number of fused-ring (bicyclic) bond motifs is 1. The summed E-state index contributed by atoms with van der Waals surface area (Å²) < 4.78 is 44.0. The van der Waals surface area contributed by atoms with Crippen LogP contribution in [0.5, 0.6) is 0 Å². The Morgan fingerprint density at radius 1 is 1.08 bits per heavy atom. The minimum Gasteiger partial charge on any atom is -0.378 e. The van der Waals surface area contributed by atoms with E-state index in [9.17, 15) is 17.6 Å². The van der Waals surface area contributed by atoms with Crippen molar-refractivity contribution >= 4 is 49.8 Å². The number of likely N-dealkylation sites (tertiary alicyclic amines) is 1. The van der Waals surface area contributed by atoms with Gasteiger partial charge in [-0.25, -0.2) is 22.8 Å². The second kappa shape index (κ2) is 14.5. The predicted octanol–water partition coefficient (Wildman–Crippen LogP) is 5.01. The fourth-order valence-electron chi connectivity index (χ4n) is 7.60. The second-order valence-electron chi connectivity index (χ2n) is 13.8. The average molecular weight is 692 g/mol. The average Bonchev–Trinajstić information content (AvgIpc) is 3.05. The first-order valence-electron chi connectivity index (χ1n) is 17.1. The number of nitrogens with zero attached hydrogens (tertiary/aromatic N) is 6. The van der Waals surface area contributed by atoms with Crippen LogP contribution in [-0.4, -0.2) is 98.3 Å². The number of amides is 1. The lowest BCUT2D eigenvalue weighted by Crippen LogP contribution is -2.49. The van der Waals surface area contributed by atoms with Gasteiger partial charge in [-0.1, -0.05) is 19.8 Å². The van der Waals surface area contributed by atoms with Gasteiger partial charge in [-0.2, -0.15) is 4.98 Å². The number of rotatable bonds is 9. The van der Waals surface area contributed by atoms with Crippen molar-refractivity contribution in [3.05, 3.63) is 41.7 Å². The molecule has 49 heavy (non-hydrogen) atoms. The Balaban J connectivity index is 1.39. The molecule has 0 saturated carbocycles. The fraction of sp³-hybridized carbons (Fsp3) is 0.556. The molecule has 3 saturated heterocycles. The maximum atomic E-state index is 14.7. The number of nitrogens with one attached hydrogen (secondary N) is 1. The van der Waals surface area contributed by atoms with Crippen LogP contribution in [0.3, 0.4) is 0 Å². The Morgan fingerprint density at radius 2 is 1.88 bits per heavy atom. The number of aromatic nitrogens is 3. The van der Waals surface area contributed by atoms with Crippen molar-refractivity contribution in [2.24, 2.45) is 5.92 Å². The highest BCUT2D eigenvalue weighted by Gasteiger charge is 2.35. The summed E-state index contributed by atoms with van der Waals surface area (Å²) >= 11 is 0. The molecule has 3 atom stereocenters. The summed E-state index contributed by atoms with van der Waals surface area (Å²) in [5.74, 6) is 7.30. The Hall–Kier alpha value is -4.02. The number of carbonyl (C=O) groups is 1. The van der Waals surface area contributed by atoms with Crippen molar-refractivity contribution in [1.82, 2.24) is 19.9 Å². The highest BCUT2D eigenvalue weighted by Crippen LogP contribution is 2.44. The van der Waals surface area contributed by atoms with Crippen LogP contribution >= 0.6 is 0 Å². The summed E-state index contributed by atoms with van der Waals surface area (Å²) in [5, 5.41) is 5.34. The van der Waals surface area contributed by atoms with E-state index in [-0.39, 0.29) is 36.1 Å². The number of sulfone groups is 1.